The maximum Gasteiger partial charge on any atom is 0.299 e. The molecule has 1 aromatic rings. The van der Waals surface area contributed by atoms with Crippen LogP contribution in [0, 0.1) is 6.92 Å². The van der Waals surface area contributed by atoms with E-state index in [4.69, 9.17) is 0 Å². The molecule has 0 aromatic heterocycles. The lowest BCUT2D eigenvalue weighted by Gasteiger charge is -2.23. The molecule has 108 valence electrons. The van der Waals surface area contributed by atoms with Crippen molar-refractivity contribution < 1.29 is 9.59 Å². The van der Waals surface area contributed by atoms with Gasteiger partial charge in [0.1, 0.15) is 0 Å². The Kier molecular flexibility index (Phi) is 4.60. The van der Waals surface area contributed by atoms with Crippen LogP contribution < -0.4 is 4.90 Å². The lowest BCUT2D eigenvalue weighted by Crippen LogP contribution is -2.38. The normalized spacial score (nSPS) is 14.3. The van der Waals surface area contributed by atoms with Gasteiger partial charge in [-0.3, -0.25) is 9.59 Å². The van der Waals surface area contributed by atoms with Crippen molar-refractivity contribution in [2.24, 2.45) is 0 Å². The fourth-order valence-corrected chi connectivity index (χ4v) is 3.17. The molecule has 1 heterocycles. The SMILES string of the molecule is CCN(CC)CCN1C(=O)C(=O)c2cc(Br)cc(C)c21. The largest absolute Gasteiger partial charge is 0.303 e. The molecule has 0 fully saturated rings. The van der Waals surface area contributed by atoms with E-state index in [1.165, 1.54) is 0 Å². The Morgan fingerprint density at radius 1 is 1.20 bits per heavy atom. The minimum absolute atomic E-state index is 0.399. The van der Waals surface area contributed by atoms with Crippen LogP contribution in [0.2, 0.25) is 0 Å². The first-order valence-electron chi connectivity index (χ1n) is 6.88. The molecule has 0 saturated heterocycles. The van der Waals surface area contributed by atoms with Gasteiger partial charge in [-0.1, -0.05) is 29.8 Å². The Morgan fingerprint density at radius 3 is 2.45 bits per heavy atom. The van der Waals surface area contributed by atoms with Gasteiger partial charge in [0.2, 0.25) is 0 Å². The molecule has 5 heteroatoms. The summed E-state index contributed by atoms with van der Waals surface area (Å²) in [5, 5.41) is 0. The van der Waals surface area contributed by atoms with Gasteiger partial charge in [-0.2, -0.15) is 0 Å². The van der Waals surface area contributed by atoms with Gasteiger partial charge in [-0.15, -0.1) is 0 Å². The van der Waals surface area contributed by atoms with Gasteiger partial charge in [-0.05, 0) is 37.7 Å². The Labute approximate surface area is 127 Å². The van der Waals surface area contributed by atoms with Crippen LogP contribution in [0.3, 0.4) is 0 Å². The molecular formula is C15H19BrN2O2. The second-order valence-corrected chi connectivity index (χ2v) is 5.85. The standard InChI is InChI=1S/C15H19BrN2O2/c1-4-17(5-2)6-7-18-13-10(3)8-11(16)9-12(13)14(19)15(18)20/h8-9H,4-7H2,1-3H3. The summed E-state index contributed by atoms with van der Waals surface area (Å²) in [6.45, 7) is 9.34. The number of ketones is 1. The minimum atomic E-state index is -0.409. The summed E-state index contributed by atoms with van der Waals surface area (Å²) in [4.78, 5) is 28.1. The van der Waals surface area contributed by atoms with E-state index < -0.39 is 11.7 Å². The van der Waals surface area contributed by atoms with Crippen molar-refractivity contribution in [3.63, 3.8) is 0 Å². The second-order valence-electron chi connectivity index (χ2n) is 4.93. The van der Waals surface area contributed by atoms with Crippen LogP contribution in [0.15, 0.2) is 16.6 Å². The highest BCUT2D eigenvalue weighted by molar-refractivity contribution is 9.10. The molecule has 0 N–H and O–H groups in total. The Bertz CT molecular complexity index is 553. The van der Waals surface area contributed by atoms with Crippen molar-refractivity contribution in [2.75, 3.05) is 31.1 Å². The maximum atomic E-state index is 12.2. The molecular weight excluding hydrogens is 320 g/mol. The van der Waals surface area contributed by atoms with Crippen molar-refractivity contribution in [3.8, 4) is 0 Å². The summed E-state index contributed by atoms with van der Waals surface area (Å²) in [7, 11) is 0. The Hall–Kier alpha value is -1.20. The monoisotopic (exact) mass is 338 g/mol. The van der Waals surface area contributed by atoms with Crippen molar-refractivity contribution in [1.82, 2.24) is 4.90 Å². The zero-order chi connectivity index (χ0) is 14.9. The Balaban J connectivity index is 2.29. The van der Waals surface area contributed by atoms with Crippen LogP contribution in [0.5, 0.6) is 0 Å². The number of aryl methyl sites for hydroxylation is 1. The highest BCUT2D eigenvalue weighted by atomic mass is 79.9. The first-order chi connectivity index (χ1) is 9.49. The van der Waals surface area contributed by atoms with Crippen LogP contribution in [0.25, 0.3) is 0 Å². The van der Waals surface area contributed by atoms with E-state index in [9.17, 15) is 9.59 Å². The number of Topliss-reactive ketones (excluding diaryl/α,β-unsaturated/α-hetero) is 1. The number of carbonyl (C=O) groups excluding carboxylic acids is 2. The number of carbonyl (C=O) groups is 2. The van der Waals surface area contributed by atoms with E-state index in [1.54, 1.807) is 11.0 Å². The molecule has 1 aromatic carbocycles. The van der Waals surface area contributed by atoms with Crippen LogP contribution in [0.4, 0.5) is 5.69 Å². The molecule has 1 aliphatic heterocycles. The highest BCUT2D eigenvalue weighted by Gasteiger charge is 2.37. The lowest BCUT2D eigenvalue weighted by molar-refractivity contribution is -0.114. The van der Waals surface area contributed by atoms with Crippen molar-refractivity contribution in [1.29, 1.82) is 0 Å². The van der Waals surface area contributed by atoms with Gasteiger partial charge in [-0.25, -0.2) is 0 Å². The number of anilines is 1. The molecule has 20 heavy (non-hydrogen) atoms. The molecule has 1 amide bonds. The number of likely N-dealkylation sites (N-methyl/N-ethyl adjacent to an activating group) is 1. The molecule has 0 aliphatic carbocycles. The first-order valence-corrected chi connectivity index (χ1v) is 7.67. The number of rotatable bonds is 5. The van der Waals surface area contributed by atoms with Crippen LogP contribution in [-0.2, 0) is 4.79 Å². The number of amides is 1. The fraction of sp³-hybridized carbons (Fsp3) is 0.467. The molecule has 2 rings (SSSR count). The fourth-order valence-electron chi connectivity index (χ4n) is 2.60. The zero-order valence-corrected chi connectivity index (χ0v) is 13.7. The maximum absolute atomic E-state index is 12.2. The molecule has 0 bridgehead atoms. The molecule has 0 unspecified atom stereocenters. The predicted octanol–water partition coefficient (Wildman–Crippen LogP) is 2.63. The number of hydrogen-bond acceptors (Lipinski definition) is 3. The van der Waals surface area contributed by atoms with Gasteiger partial charge >= 0.3 is 0 Å². The summed E-state index contributed by atoms with van der Waals surface area (Å²) in [5.74, 6) is -0.808. The lowest BCUT2D eigenvalue weighted by atomic mass is 10.1. The zero-order valence-electron chi connectivity index (χ0n) is 12.1. The number of benzene rings is 1. The number of nitrogens with zero attached hydrogens (tertiary/aromatic N) is 2. The van der Waals surface area contributed by atoms with Crippen LogP contribution in [-0.4, -0.2) is 42.8 Å². The number of halogens is 1. The molecule has 0 radical (unpaired) electrons. The highest BCUT2D eigenvalue weighted by Crippen LogP contribution is 2.34. The topological polar surface area (TPSA) is 40.6 Å². The van der Waals surface area contributed by atoms with Crippen LogP contribution in [0.1, 0.15) is 29.8 Å². The number of fused-ring (bicyclic) bond motifs is 1. The smallest absolute Gasteiger partial charge is 0.299 e. The molecule has 4 nitrogen and oxygen atoms in total. The predicted molar refractivity (Wildman–Crippen MR) is 83.4 cm³/mol. The summed E-state index contributed by atoms with van der Waals surface area (Å²) in [5.41, 5.74) is 2.24. The van der Waals surface area contributed by atoms with Gasteiger partial charge < -0.3 is 9.80 Å². The quantitative estimate of drug-likeness (QED) is 0.775. The average Bonchev–Trinajstić information content (AvgIpc) is 2.65. The summed E-state index contributed by atoms with van der Waals surface area (Å²) >= 11 is 3.38. The van der Waals surface area contributed by atoms with Gasteiger partial charge in [0.25, 0.3) is 11.7 Å². The molecule has 0 saturated carbocycles. The van der Waals surface area contributed by atoms with E-state index >= 15 is 0 Å². The third-order valence-electron chi connectivity index (χ3n) is 3.75. The third-order valence-corrected chi connectivity index (χ3v) is 4.21. The van der Waals surface area contributed by atoms with Gasteiger partial charge in [0, 0.05) is 17.6 Å². The number of hydrogen-bond donors (Lipinski definition) is 0. The summed E-state index contributed by atoms with van der Waals surface area (Å²) < 4.78 is 0.834. The molecule has 0 atom stereocenters. The van der Waals surface area contributed by atoms with E-state index in [-0.39, 0.29) is 0 Å². The van der Waals surface area contributed by atoms with E-state index in [1.807, 2.05) is 13.0 Å². The summed E-state index contributed by atoms with van der Waals surface area (Å²) in [6.07, 6.45) is 0. The summed E-state index contributed by atoms with van der Waals surface area (Å²) in [6, 6.07) is 3.68. The average molecular weight is 339 g/mol. The molecule has 0 spiro atoms. The first kappa shape index (κ1) is 15.2. The minimum Gasteiger partial charge on any atom is -0.303 e. The van der Waals surface area contributed by atoms with E-state index in [0.717, 1.165) is 35.4 Å². The van der Waals surface area contributed by atoms with E-state index in [2.05, 4.69) is 34.7 Å². The molecule has 1 aliphatic rings. The second kappa shape index (κ2) is 6.06. The van der Waals surface area contributed by atoms with Gasteiger partial charge in [0.05, 0.1) is 11.3 Å². The van der Waals surface area contributed by atoms with Crippen molar-refractivity contribution >= 4 is 33.3 Å². The van der Waals surface area contributed by atoms with Crippen molar-refractivity contribution in [3.05, 3.63) is 27.7 Å². The van der Waals surface area contributed by atoms with Crippen molar-refractivity contribution in [2.45, 2.75) is 20.8 Å². The van der Waals surface area contributed by atoms with Crippen LogP contribution >= 0.6 is 15.9 Å². The Morgan fingerprint density at radius 2 is 1.85 bits per heavy atom. The third kappa shape index (κ3) is 2.65. The van der Waals surface area contributed by atoms with E-state index in [0.29, 0.717) is 12.1 Å². The van der Waals surface area contributed by atoms with Gasteiger partial charge in [0.15, 0.2) is 0 Å².